The smallest absolute Gasteiger partial charge is 0.252 e. The number of benzene rings is 1. The lowest BCUT2D eigenvalue weighted by Gasteiger charge is -2.08. The van der Waals surface area contributed by atoms with E-state index in [0.717, 1.165) is 0 Å². The van der Waals surface area contributed by atoms with Gasteiger partial charge in [0.05, 0.1) is 10.6 Å². The van der Waals surface area contributed by atoms with Gasteiger partial charge in [-0.15, -0.1) is 0 Å². The zero-order chi connectivity index (χ0) is 16.8. The minimum atomic E-state index is -0.635. The summed E-state index contributed by atoms with van der Waals surface area (Å²) in [7, 11) is 0. The maximum atomic E-state index is 11.8. The maximum Gasteiger partial charge on any atom is 0.252 e. The van der Waals surface area contributed by atoms with Crippen molar-refractivity contribution in [3.05, 3.63) is 51.2 Å². The number of carbonyl (C=O) groups excluding carboxylic acids is 3. The van der Waals surface area contributed by atoms with Gasteiger partial charge in [-0.3, -0.25) is 14.4 Å². The fraction of sp³-hybridized carbons (Fsp3) is 0.133. The van der Waals surface area contributed by atoms with E-state index >= 15 is 0 Å². The Morgan fingerprint density at radius 2 is 2.00 bits per heavy atom. The molecule has 0 spiro atoms. The average Bonchev–Trinajstić information content (AvgIpc) is 3.01. The van der Waals surface area contributed by atoms with Gasteiger partial charge >= 0.3 is 0 Å². The van der Waals surface area contributed by atoms with Crippen molar-refractivity contribution < 1.29 is 14.4 Å². The number of rotatable bonds is 6. The molecule has 0 aliphatic carbocycles. The molecule has 2 rings (SSSR count). The molecule has 1 heterocycles. The van der Waals surface area contributed by atoms with E-state index in [1.54, 1.807) is 16.8 Å². The van der Waals surface area contributed by atoms with Crippen molar-refractivity contribution in [3.8, 4) is 0 Å². The highest BCUT2D eigenvalue weighted by Gasteiger charge is 2.10. The van der Waals surface area contributed by atoms with Crippen molar-refractivity contribution in [2.75, 3.05) is 11.9 Å². The number of anilines is 1. The van der Waals surface area contributed by atoms with Crippen molar-refractivity contribution in [1.29, 1.82) is 0 Å². The molecule has 6 nitrogen and oxygen atoms in total. The Balaban J connectivity index is 1.82. The van der Waals surface area contributed by atoms with Gasteiger partial charge in [0, 0.05) is 29.6 Å². The van der Waals surface area contributed by atoms with E-state index in [0.29, 0.717) is 11.3 Å². The highest BCUT2D eigenvalue weighted by molar-refractivity contribution is 7.08. The topological polar surface area (TPSA) is 101 Å². The summed E-state index contributed by atoms with van der Waals surface area (Å²) in [6, 6.07) is 6.14. The van der Waals surface area contributed by atoms with Crippen LogP contribution in [0.3, 0.4) is 0 Å². The SMILES string of the molecule is NC(=O)c1ccc(NC(=O)CCNC(=O)c2ccsc2)cc1Cl. The molecular weight excluding hydrogens is 338 g/mol. The first kappa shape index (κ1) is 17.0. The van der Waals surface area contributed by atoms with Crippen molar-refractivity contribution >= 4 is 46.3 Å². The predicted octanol–water partition coefficient (Wildman–Crippen LogP) is 2.26. The van der Waals surface area contributed by atoms with Gasteiger partial charge in [-0.1, -0.05) is 11.6 Å². The van der Waals surface area contributed by atoms with Crippen LogP contribution in [0.4, 0.5) is 5.69 Å². The van der Waals surface area contributed by atoms with Crippen LogP contribution < -0.4 is 16.4 Å². The summed E-state index contributed by atoms with van der Waals surface area (Å²) in [6.07, 6.45) is 0.116. The molecule has 2 aromatic rings. The molecular formula is C15H14ClN3O3S. The molecule has 0 unspecified atom stereocenters. The Morgan fingerprint density at radius 1 is 1.22 bits per heavy atom. The van der Waals surface area contributed by atoms with E-state index in [1.165, 1.54) is 29.5 Å². The van der Waals surface area contributed by atoms with Crippen LogP contribution in [-0.4, -0.2) is 24.3 Å². The summed E-state index contributed by atoms with van der Waals surface area (Å²) in [5.41, 5.74) is 6.36. The van der Waals surface area contributed by atoms with Crippen LogP contribution in [0, 0.1) is 0 Å². The molecule has 0 aliphatic heterocycles. The Hall–Kier alpha value is -2.38. The van der Waals surface area contributed by atoms with E-state index in [9.17, 15) is 14.4 Å². The summed E-state index contributed by atoms with van der Waals surface area (Å²) in [4.78, 5) is 34.6. The normalized spacial score (nSPS) is 10.1. The number of amides is 3. The molecule has 8 heteroatoms. The lowest BCUT2D eigenvalue weighted by molar-refractivity contribution is -0.116. The summed E-state index contributed by atoms with van der Waals surface area (Å²) >= 11 is 7.33. The standard InChI is InChI=1S/C15H14ClN3O3S/c16-12-7-10(1-2-11(12)14(17)21)19-13(20)3-5-18-15(22)9-4-6-23-8-9/h1-2,4,6-8H,3,5H2,(H2,17,21)(H,18,22)(H,19,20). The first-order valence-electron chi connectivity index (χ1n) is 6.67. The molecule has 4 N–H and O–H groups in total. The highest BCUT2D eigenvalue weighted by Crippen LogP contribution is 2.20. The summed E-state index contributed by atoms with van der Waals surface area (Å²) in [5, 5.41) is 9.00. The third-order valence-electron chi connectivity index (χ3n) is 2.94. The minimum Gasteiger partial charge on any atom is -0.366 e. The predicted molar refractivity (Wildman–Crippen MR) is 89.9 cm³/mol. The van der Waals surface area contributed by atoms with Gasteiger partial charge in [0.1, 0.15) is 0 Å². The van der Waals surface area contributed by atoms with Gasteiger partial charge in [0.15, 0.2) is 0 Å². The largest absolute Gasteiger partial charge is 0.366 e. The second-order valence-electron chi connectivity index (χ2n) is 4.62. The fourth-order valence-electron chi connectivity index (χ4n) is 1.80. The van der Waals surface area contributed by atoms with Crippen molar-refractivity contribution in [2.24, 2.45) is 5.73 Å². The summed E-state index contributed by atoms with van der Waals surface area (Å²) in [6.45, 7) is 0.216. The molecule has 120 valence electrons. The van der Waals surface area contributed by atoms with Crippen LogP contribution in [0.2, 0.25) is 5.02 Å². The number of hydrogen-bond donors (Lipinski definition) is 3. The van der Waals surface area contributed by atoms with E-state index in [-0.39, 0.29) is 35.4 Å². The number of carbonyl (C=O) groups is 3. The average molecular weight is 352 g/mol. The number of nitrogens with one attached hydrogen (secondary N) is 2. The molecule has 1 aromatic heterocycles. The molecule has 0 fully saturated rings. The molecule has 1 aromatic carbocycles. The Morgan fingerprint density at radius 3 is 2.61 bits per heavy atom. The number of halogens is 1. The maximum absolute atomic E-state index is 11.8. The van der Waals surface area contributed by atoms with Crippen LogP contribution in [0.25, 0.3) is 0 Å². The molecule has 0 radical (unpaired) electrons. The first-order valence-corrected chi connectivity index (χ1v) is 7.99. The Labute approximate surface area is 141 Å². The van der Waals surface area contributed by atoms with E-state index in [1.807, 2.05) is 0 Å². The third kappa shape index (κ3) is 4.80. The van der Waals surface area contributed by atoms with E-state index in [4.69, 9.17) is 17.3 Å². The van der Waals surface area contributed by atoms with Gasteiger partial charge in [-0.25, -0.2) is 0 Å². The quantitative estimate of drug-likeness (QED) is 0.743. The summed E-state index contributed by atoms with van der Waals surface area (Å²) in [5.74, 6) is -1.13. The van der Waals surface area contributed by atoms with Crippen molar-refractivity contribution in [2.45, 2.75) is 6.42 Å². The van der Waals surface area contributed by atoms with Crippen molar-refractivity contribution in [1.82, 2.24) is 5.32 Å². The second-order valence-corrected chi connectivity index (χ2v) is 5.81. The Kier molecular flexibility index (Phi) is 5.72. The van der Waals surface area contributed by atoms with Crippen LogP contribution >= 0.6 is 22.9 Å². The van der Waals surface area contributed by atoms with E-state index < -0.39 is 5.91 Å². The lowest BCUT2D eigenvalue weighted by Crippen LogP contribution is -2.27. The monoisotopic (exact) mass is 351 g/mol. The van der Waals surface area contributed by atoms with Crippen LogP contribution in [0.15, 0.2) is 35.0 Å². The van der Waals surface area contributed by atoms with Gasteiger partial charge in [-0.2, -0.15) is 11.3 Å². The highest BCUT2D eigenvalue weighted by atomic mass is 35.5. The fourth-order valence-corrected chi connectivity index (χ4v) is 2.71. The molecule has 23 heavy (non-hydrogen) atoms. The van der Waals surface area contributed by atoms with Crippen molar-refractivity contribution in [3.63, 3.8) is 0 Å². The molecule has 0 bridgehead atoms. The first-order chi connectivity index (χ1) is 11.0. The molecule has 0 saturated heterocycles. The van der Waals surface area contributed by atoms with Crippen LogP contribution in [0.1, 0.15) is 27.1 Å². The minimum absolute atomic E-state index is 0.116. The van der Waals surface area contributed by atoms with Gasteiger partial charge in [0.25, 0.3) is 5.91 Å². The molecule has 0 aliphatic rings. The van der Waals surface area contributed by atoms with Crippen LogP contribution in [0.5, 0.6) is 0 Å². The zero-order valence-corrected chi connectivity index (χ0v) is 13.5. The molecule has 3 amide bonds. The summed E-state index contributed by atoms with van der Waals surface area (Å²) < 4.78 is 0. The number of thiophene rings is 1. The van der Waals surface area contributed by atoms with Gasteiger partial charge in [-0.05, 0) is 29.6 Å². The number of hydrogen-bond acceptors (Lipinski definition) is 4. The number of nitrogens with two attached hydrogens (primary N) is 1. The third-order valence-corrected chi connectivity index (χ3v) is 3.94. The lowest BCUT2D eigenvalue weighted by atomic mass is 10.2. The van der Waals surface area contributed by atoms with Crippen LogP contribution in [-0.2, 0) is 4.79 Å². The molecule has 0 atom stereocenters. The number of primary amides is 1. The molecule has 0 saturated carbocycles. The zero-order valence-electron chi connectivity index (χ0n) is 12.0. The van der Waals surface area contributed by atoms with E-state index in [2.05, 4.69) is 10.6 Å². The van der Waals surface area contributed by atoms with Gasteiger partial charge < -0.3 is 16.4 Å². The second kappa shape index (κ2) is 7.75. The van der Waals surface area contributed by atoms with Gasteiger partial charge in [0.2, 0.25) is 11.8 Å². The Bertz CT molecular complexity index is 732.